The van der Waals surface area contributed by atoms with E-state index in [1.807, 2.05) is 0 Å². The largest absolute Gasteiger partial charge is 0.493 e. The van der Waals surface area contributed by atoms with E-state index in [-0.39, 0.29) is 23.1 Å². The smallest absolute Gasteiger partial charge is 0.203 e. The number of hydrogen-bond acceptors (Lipinski definition) is 7. The first-order valence-corrected chi connectivity index (χ1v) is 9.30. The van der Waals surface area contributed by atoms with Gasteiger partial charge in [-0.25, -0.2) is 8.42 Å². The monoisotopic (exact) mass is 377 g/mol. The molecule has 1 aromatic rings. The van der Waals surface area contributed by atoms with Crippen LogP contribution in [0.15, 0.2) is 17.3 Å². The molecular weight excluding hydrogens is 358 g/mol. The number of benzene rings is 1. The molecule has 9 heteroatoms. The summed E-state index contributed by atoms with van der Waals surface area (Å²) in [5.74, 6) is 1.07. The van der Waals surface area contributed by atoms with Crippen LogP contribution < -0.4 is 14.2 Å². The Balaban J connectivity index is 2.31. The number of nitrogens with zero attached hydrogens (tertiary/aromatic N) is 1. The number of methoxy groups -OCH3 is 3. The van der Waals surface area contributed by atoms with E-state index in [1.165, 1.54) is 21.3 Å². The number of sulfone groups is 1. The molecule has 2 rings (SSSR count). The molecule has 1 atom stereocenters. The van der Waals surface area contributed by atoms with Crippen LogP contribution in [0, 0.1) is 0 Å². The van der Waals surface area contributed by atoms with Crippen LogP contribution in [-0.4, -0.2) is 46.3 Å². The van der Waals surface area contributed by atoms with Gasteiger partial charge < -0.3 is 19.0 Å². The summed E-state index contributed by atoms with van der Waals surface area (Å²) >= 11 is 5.80. The fourth-order valence-corrected chi connectivity index (χ4v) is 3.90. The van der Waals surface area contributed by atoms with Crippen molar-refractivity contribution in [2.24, 2.45) is 5.16 Å². The molecule has 0 saturated heterocycles. The van der Waals surface area contributed by atoms with Gasteiger partial charge in [0.1, 0.15) is 0 Å². The second-order valence-electron chi connectivity index (χ2n) is 5.63. The summed E-state index contributed by atoms with van der Waals surface area (Å²) in [4.78, 5) is 5.16. The van der Waals surface area contributed by atoms with E-state index in [1.54, 1.807) is 19.1 Å². The van der Waals surface area contributed by atoms with Gasteiger partial charge in [-0.05, 0) is 24.6 Å². The molecule has 1 heterocycles. The molecule has 7 nitrogen and oxygen atoms in total. The Morgan fingerprint density at radius 1 is 1.21 bits per heavy atom. The van der Waals surface area contributed by atoms with Crippen molar-refractivity contribution in [2.45, 2.75) is 24.7 Å². The first-order chi connectivity index (χ1) is 11.3. The molecule has 1 aliphatic rings. The topological polar surface area (TPSA) is 83.4 Å². The van der Waals surface area contributed by atoms with Crippen molar-refractivity contribution >= 4 is 26.5 Å². The summed E-state index contributed by atoms with van der Waals surface area (Å²) in [6.45, 7) is 1.71. The van der Waals surface area contributed by atoms with E-state index in [2.05, 4.69) is 5.16 Å². The zero-order chi connectivity index (χ0) is 18.0. The van der Waals surface area contributed by atoms with E-state index in [0.717, 1.165) is 0 Å². The lowest BCUT2D eigenvalue weighted by Gasteiger charge is -2.17. The normalized spacial score (nSPS) is 20.3. The maximum Gasteiger partial charge on any atom is 0.203 e. The summed E-state index contributed by atoms with van der Waals surface area (Å²) in [6, 6.07) is 3.19. The Morgan fingerprint density at radius 3 is 2.21 bits per heavy atom. The number of alkyl halides is 1. The second kappa shape index (κ2) is 7.06. The summed E-state index contributed by atoms with van der Waals surface area (Å²) < 4.78 is 40.9. The molecule has 0 amide bonds. The van der Waals surface area contributed by atoms with Crippen molar-refractivity contribution in [3.8, 4) is 17.2 Å². The minimum atomic E-state index is -3.65. The van der Waals surface area contributed by atoms with Gasteiger partial charge in [0.15, 0.2) is 32.0 Å². The first-order valence-electron chi connectivity index (χ1n) is 7.11. The minimum absolute atomic E-state index is 0.0144. The highest BCUT2D eigenvalue weighted by molar-refractivity contribution is 8.05. The Kier molecular flexibility index (Phi) is 5.49. The Bertz CT molecular complexity index is 723. The maximum absolute atomic E-state index is 12.6. The van der Waals surface area contributed by atoms with Crippen molar-refractivity contribution in [2.75, 3.05) is 27.2 Å². The molecule has 1 unspecified atom stereocenters. The fraction of sp³-hybridized carbons (Fsp3) is 0.533. The first kappa shape index (κ1) is 18.7. The second-order valence-corrected chi connectivity index (χ2v) is 7.89. The van der Waals surface area contributed by atoms with Gasteiger partial charge in [0.2, 0.25) is 5.75 Å². The van der Waals surface area contributed by atoms with Gasteiger partial charge in [-0.1, -0.05) is 5.16 Å². The zero-order valence-electron chi connectivity index (χ0n) is 14.0. The third kappa shape index (κ3) is 3.70. The minimum Gasteiger partial charge on any atom is -0.493 e. The van der Waals surface area contributed by atoms with Crippen molar-refractivity contribution < 1.29 is 27.5 Å². The molecule has 0 spiro atoms. The SMILES string of the molecule is COc1cc(CS(=O)(=O)C2=NOC(C)(CCl)C2)cc(OC)c1OC. The molecule has 0 saturated carbocycles. The maximum atomic E-state index is 12.6. The highest BCUT2D eigenvalue weighted by atomic mass is 35.5. The third-order valence-corrected chi connectivity index (χ3v) is 5.83. The molecule has 1 aliphatic heterocycles. The van der Waals surface area contributed by atoms with Crippen LogP contribution in [-0.2, 0) is 20.4 Å². The molecule has 0 aromatic heterocycles. The molecule has 24 heavy (non-hydrogen) atoms. The molecule has 0 bridgehead atoms. The number of ether oxygens (including phenoxy) is 3. The molecule has 134 valence electrons. The van der Waals surface area contributed by atoms with Crippen LogP contribution in [0.3, 0.4) is 0 Å². The van der Waals surface area contributed by atoms with Crippen molar-refractivity contribution in [3.05, 3.63) is 17.7 Å². The predicted octanol–water partition coefficient (Wildman–Crippen LogP) is 2.36. The molecule has 0 N–H and O–H groups in total. The van der Waals surface area contributed by atoms with Crippen molar-refractivity contribution in [3.63, 3.8) is 0 Å². The van der Waals surface area contributed by atoms with E-state index in [0.29, 0.717) is 22.8 Å². The van der Waals surface area contributed by atoms with Gasteiger partial charge in [-0.3, -0.25) is 0 Å². The Hall–Kier alpha value is -1.67. The Labute approximate surface area is 146 Å². The number of oxime groups is 1. The van der Waals surface area contributed by atoms with Gasteiger partial charge >= 0.3 is 0 Å². The summed E-state index contributed by atoms with van der Waals surface area (Å²) in [5.41, 5.74) is -0.300. The average Bonchev–Trinajstić information content (AvgIpc) is 2.97. The molecule has 0 aliphatic carbocycles. The van der Waals surface area contributed by atoms with E-state index in [4.69, 9.17) is 30.6 Å². The lowest BCUT2D eigenvalue weighted by Crippen LogP contribution is -2.28. The Morgan fingerprint density at radius 2 is 1.79 bits per heavy atom. The standard InChI is InChI=1S/C15H20ClNO6S/c1-15(9-16)7-13(17-23-15)24(18,19)8-10-5-11(20-2)14(22-4)12(6-10)21-3/h5-6H,7-9H2,1-4H3. The quantitative estimate of drug-likeness (QED) is 0.707. The van der Waals surface area contributed by atoms with E-state index in [9.17, 15) is 8.42 Å². The zero-order valence-corrected chi connectivity index (χ0v) is 15.5. The van der Waals surface area contributed by atoms with Crippen LogP contribution >= 0.6 is 11.6 Å². The number of halogens is 1. The summed E-state index contributed by atoms with van der Waals surface area (Å²) in [7, 11) is 0.768. The molecular formula is C15H20ClNO6S. The number of hydrogen-bond donors (Lipinski definition) is 0. The highest BCUT2D eigenvalue weighted by Gasteiger charge is 2.39. The summed E-state index contributed by atoms with van der Waals surface area (Å²) in [6.07, 6.45) is 0.142. The van der Waals surface area contributed by atoms with Crippen LogP contribution in [0.4, 0.5) is 0 Å². The predicted molar refractivity (Wildman–Crippen MR) is 91.0 cm³/mol. The number of rotatable bonds is 6. The van der Waals surface area contributed by atoms with E-state index >= 15 is 0 Å². The molecule has 1 aromatic carbocycles. The van der Waals surface area contributed by atoms with Crippen LogP contribution in [0.25, 0.3) is 0 Å². The van der Waals surface area contributed by atoms with Gasteiger partial charge in [0.25, 0.3) is 0 Å². The highest BCUT2D eigenvalue weighted by Crippen LogP contribution is 2.39. The fourth-order valence-electron chi connectivity index (χ4n) is 2.31. The van der Waals surface area contributed by atoms with Crippen LogP contribution in [0.1, 0.15) is 18.9 Å². The van der Waals surface area contributed by atoms with Gasteiger partial charge in [0.05, 0.1) is 33.0 Å². The lowest BCUT2D eigenvalue weighted by atomic mass is 10.1. The van der Waals surface area contributed by atoms with Crippen LogP contribution in [0.5, 0.6) is 17.2 Å². The average molecular weight is 378 g/mol. The lowest BCUT2D eigenvalue weighted by molar-refractivity contribution is 0.0152. The third-order valence-electron chi connectivity index (χ3n) is 3.62. The van der Waals surface area contributed by atoms with Gasteiger partial charge in [-0.2, -0.15) is 0 Å². The summed E-state index contributed by atoms with van der Waals surface area (Å²) in [5, 5.41) is 3.69. The van der Waals surface area contributed by atoms with Gasteiger partial charge in [-0.15, -0.1) is 11.6 Å². The van der Waals surface area contributed by atoms with Crippen molar-refractivity contribution in [1.82, 2.24) is 0 Å². The van der Waals surface area contributed by atoms with Crippen LogP contribution in [0.2, 0.25) is 0 Å². The van der Waals surface area contributed by atoms with Crippen molar-refractivity contribution in [1.29, 1.82) is 0 Å². The molecule has 0 radical (unpaired) electrons. The van der Waals surface area contributed by atoms with Gasteiger partial charge in [0, 0.05) is 6.42 Å². The molecule has 0 fully saturated rings. The van der Waals surface area contributed by atoms with E-state index < -0.39 is 15.4 Å².